The van der Waals surface area contributed by atoms with E-state index in [1.165, 1.54) is 36.9 Å². The Labute approximate surface area is 211 Å². The minimum atomic E-state index is -3.79. The van der Waals surface area contributed by atoms with Crippen molar-refractivity contribution in [2.45, 2.75) is 32.7 Å². The molecule has 4 aromatic rings. The number of halogens is 1. The normalized spacial score (nSPS) is 13.6. The minimum Gasteiger partial charge on any atom is -0.420 e. The quantitative estimate of drug-likeness (QED) is 0.335. The lowest BCUT2D eigenvalue weighted by Gasteiger charge is -2.16. The lowest BCUT2D eigenvalue weighted by molar-refractivity contribution is 0.543. The van der Waals surface area contributed by atoms with E-state index in [0.29, 0.717) is 11.1 Å². The lowest BCUT2D eigenvalue weighted by atomic mass is 10.1. The summed E-state index contributed by atoms with van der Waals surface area (Å²) in [4.78, 5) is 26.5. The van der Waals surface area contributed by atoms with Gasteiger partial charge in [0.2, 0.25) is 0 Å². The number of benzene rings is 2. The first-order chi connectivity index (χ1) is 17.6. The third kappa shape index (κ3) is 4.72. The lowest BCUT2D eigenvalue weighted by Crippen LogP contribution is -2.26. The largest absolute Gasteiger partial charge is 0.420 e. The van der Waals surface area contributed by atoms with Gasteiger partial charge in [-0.25, -0.2) is 18.6 Å². The molecule has 1 fully saturated rings. The number of nitrogens with zero attached hydrogens (tertiary/aromatic N) is 2. The minimum absolute atomic E-state index is 0.0511. The summed E-state index contributed by atoms with van der Waals surface area (Å²) in [7, 11) is -2.51. The molecule has 5 rings (SSSR count). The summed E-state index contributed by atoms with van der Waals surface area (Å²) in [5, 5.41) is 7.50. The Kier molecular flexibility index (Phi) is 6.08. The van der Waals surface area contributed by atoms with Crippen molar-refractivity contribution in [3.8, 4) is 11.3 Å². The van der Waals surface area contributed by atoms with Crippen molar-refractivity contribution in [1.29, 1.82) is 0 Å². The van der Waals surface area contributed by atoms with Gasteiger partial charge in [-0.1, -0.05) is 18.2 Å². The number of aromatic nitrogens is 2. The molecule has 1 saturated carbocycles. The molecule has 0 saturated heterocycles. The Morgan fingerprint density at radius 3 is 2.54 bits per heavy atom. The third-order valence-electron chi connectivity index (χ3n) is 6.13. The van der Waals surface area contributed by atoms with Crippen LogP contribution in [0.1, 0.15) is 30.0 Å². The number of hydrogen-bond donors (Lipinski definition) is 3. The van der Waals surface area contributed by atoms with Crippen LogP contribution in [0.25, 0.3) is 22.2 Å². The number of fused-ring (bicyclic) bond motifs is 1. The molecule has 2 heterocycles. The summed E-state index contributed by atoms with van der Waals surface area (Å²) < 4.78 is 50.2. The van der Waals surface area contributed by atoms with Gasteiger partial charge in [0.05, 0.1) is 28.7 Å². The summed E-state index contributed by atoms with van der Waals surface area (Å²) in [6.07, 6.45) is 1.51. The molecule has 12 heteroatoms. The van der Waals surface area contributed by atoms with E-state index in [1.54, 1.807) is 31.2 Å². The maximum Gasteiger partial charge on any atom is 0.341 e. The van der Waals surface area contributed by atoms with Crippen LogP contribution in [0.15, 0.2) is 56.5 Å². The second-order valence-electron chi connectivity index (χ2n) is 8.92. The fourth-order valence-electron chi connectivity index (χ4n) is 4.01. The molecule has 10 nitrogen and oxygen atoms in total. The van der Waals surface area contributed by atoms with Gasteiger partial charge < -0.3 is 9.73 Å². The molecule has 37 heavy (non-hydrogen) atoms. The number of aryl methyl sites for hydroxylation is 1. The fourth-order valence-corrected chi connectivity index (χ4v) is 4.55. The van der Waals surface area contributed by atoms with Crippen LogP contribution in [0.4, 0.5) is 21.5 Å². The summed E-state index contributed by atoms with van der Waals surface area (Å²) >= 11 is 0. The second-order valence-corrected chi connectivity index (χ2v) is 10.5. The van der Waals surface area contributed by atoms with E-state index in [9.17, 15) is 22.4 Å². The van der Waals surface area contributed by atoms with Crippen molar-refractivity contribution in [1.82, 2.24) is 14.5 Å². The van der Waals surface area contributed by atoms with Crippen LogP contribution in [0.3, 0.4) is 0 Å². The van der Waals surface area contributed by atoms with Crippen LogP contribution in [0.5, 0.6) is 0 Å². The molecule has 0 bridgehead atoms. The number of nitrogens with one attached hydrogen (secondary N) is 3. The molecule has 0 unspecified atom stereocenters. The van der Waals surface area contributed by atoms with Crippen molar-refractivity contribution < 1.29 is 17.2 Å². The Bertz CT molecular complexity index is 1780. The standard InChI is InChI=1S/C25H24FN5O5S/c1-13-7-10-19(18(26)11-13)28-21-14(2)25(33)36-23-20(21)24(32)31(17-8-9-17)29-22(23)15-5-4-6-16(12-15)30-37(34,35)27-3/h4-7,10-12,17,27-28,30H,8-9H2,1-3H3. The van der Waals surface area contributed by atoms with Gasteiger partial charge in [-0.05, 0) is 56.5 Å². The zero-order chi connectivity index (χ0) is 26.5. The molecule has 1 aliphatic rings. The Morgan fingerprint density at radius 1 is 1.11 bits per heavy atom. The first-order valence-electron chi connectivity index (χ1n) is 11.5. The molecule has 0 radical (unpaired) electrons. The smallest absolute Gasteiger partial charge is 0.341 e. The Morgan fingerprint density at radius 2 is 1.86 bits per heavy atom. The monoisotopic (exact) mass is 525 g/mol. The van der Waals surface area contributed by atoms with E-state index >= 15 is 0 Å². The van der Waals surface area contributed by atoms with Crippen molar-refractivity contribution in [2.24, 2.45) is 0 Å². The average Bonchev–Trinajstić information content (AvgIpc) is 3.69. The number of hydrogen-bond acceptors (Lipinski definition) is 7. The first-order valence-corrected chi connectivity index (χ1v) is 13.0. The summed E-state index contributed by atoms with van der Waals surface area (Å²) in [5.41, 5.74) is 0.599. The van der Waals surface area contributed by atoms with Crippen LogP contribution in [0.2, 0.25) is 0 Å². The molecule has 0 spiro atoms. The van der Waals surface area contributed by atoms with Gasteiger partial charge >= 0.3 is 5.63 Å². The van der Waals surface area contributed by atoms with Crippen molar-refractivity contribution in [2.75, 3.05) is 17.1 Å². The molecule has 1 aliphatic carbocycles. The highest BCUT2D eigenvalue weighted by Crippen LogP contribution is 2.37. The zero-order valence-corrected chi connectivity index (χ0v) is 21.1. The molecule has 192 valence electrons. The molecule has 2 aromatic heterocycles. The highest BCUT2D eigenvalue weighted by molar-refractivity contribution is 7.90. The highest BCUT2D eigenvalue weighted by atomic mass is 32.2. The third-order valence-corrected chi connectivity index (χ3v) is 7.17. The SMILES string of the molecule is CNS(=O)(=O)Nc1cccc(-c2nn(C3CC3)c(=O)c3c(Nc4ccc(C)cc4F)c(C)c(=O)oc23)c1. The van der Waals surface area contributed by atoms with Crippen LogP contribution >= 0.6 is 0 Å². The molecule has 2 aromatic carbocycles. The zero-order valence-electron chi connectivity index (χ0n) is 20.3. The van der Waals surface area contributed by atoms with Gasteiger partial charge in [-0.3, -0.25) is 9.52 Å². The van der Waals surface area contributed by atoms with E-state index in [2.05, 4.69) is 19.9 Å². The molecule has 0 amide bonds. The Hall–Kier alpha value is -4.03. The van der Waals surface area contributed by atoms with Gasteiger partial charge in [0, 0.05) is 12.6 Å². The topological polar surface area (TPSA) is 135 Å². The molecule has 0 atom stereocenters. The summed E-state index contributed by atoms with van der Waals surface area (Å²) in [5.74, 6) is -0.540. The predicted octanol–water partition coefficient (Wildman–Crippen LogP) is 3.73. The Balaban J connectivity index is 1.78. The van der Waals surface area contributed by atoms with Crippen LogP contribution in [0, 0.1) is 19.7 Å². The van der Waals surface area contributed by atoms with E-state index < -0.39 is 27.2 Å². The molecular formula is C25H24FN5O5S. The summed E-state index contributed by atoms with van der Waals surface area (Å²) in [6, 6.07) is 10.8. The van der Waals surface area contributed by atoms with Gasteiger partial charge in [0.25, 0.3) is 15.8 Å². The average molecular weight is 526 g/mol. The van der Waals surface area contributed by atoms with E-state index in [0.717, 1.165) is 12.8 Å². The van der Waals surface area contributed by atoms with Crippen LogP contribution in [-0.2, 0) is 10.2 Å². The van der Waals surface area contributed by atoms with Gasteiger partial charge in [0.1, 0.15) is 16.9 Å². The van der Waals surface area contributed by atoms with Crippen molar-refractivity contribution in [3.63, 3.8) is 0 Å². The van der Waals surface area contributed by atoms with E-state index in [4.69, 9.17) is 4.42 Å². The number of anilines is 3. The van der Waals surface area contributed by atoms with Gasteiger partial charge in [-0.2, -0.15) is 13.5 Å². The van der Waals surface area contributed by atoms with Gasteiger partial charge in [0.15, 0.2) is 5.58 Å². The van der Waals surface area contributed by atoms with Crippen LogP contribution < -0.4 is 25.9 Å². The van der Waals surface area contributed by atoms with Crippen molar-refractivity contribution in [3.05, 3.63) is 80.2 Å². The predicted molar refractivity (Wildman–Crippen MR) is 139 cm³/mol. The second kappa shape index (κ2) is 9.12. The van der Waals surface area contributed by atoms with Crippen molar-refractivity contribution >= 4 is 38.2 Å². The number of rotatable bonds is 7. The fraction of sp³-hybridized carbons (Fsp3) is 0.240. The van der Waals surface area contributed by atoms with Gasteiger partial charge in [-0.15, -0.1) is 0 Å². The maximum atomic E-state index is 14.7. The van der Waals surface area contributed by atoms with E-state index in [-0.39, 0.29) is 45.3 Å². The first kappa shape index (κ1) is 24.7. The highest BCUT2D eigenvalue weighted by Gasteiger charge is 2.30. The molecule has 3 N–H and O–H groups in total. The maximum absolute atomic E-state index is 14.7. The molecular weight excluding hydrogens is 501 g/mol. The van der Waals surface area contributed by atoms with Crippen LogP contribution in [-0.4, -0.2) is 25.2 Å². The molecule has 0 aliphatic heterocycles. The summed E-state index contributed by atoms with van der Waals surface area (Å²) in [6.45, 7) is 3.25. The van der Waals surface area contributed by atoms with E-state index in [1.807, 2.05) is 0 Å².